The molecule has 0 aliphatic rings. The number of hydrogen-bond acceptors (Lipinski definition) is 0. The predicted molar refractivity (Wildman–Crippen MR) is 186 cm³/mol. The van der Waals surface area contributed by atoms with Gasteiger partial charge >= 0.3 is 0 Å². The lowest BCUT2D eigenvalue weighted by atomic mass is 10.3. The Morgan fingerprint density at radius 1 is 0.225 bits per heavy atom. The zero-order valence-corrected chi connectivity index (χ0v) is 27.2. The van der Waals surface area contributed by atoms with Crippen molar-refractivity contribution in [3.8, 4) is 0 Å². The second-order valence-electron chi connectivity index (χ2n) is 9.51. The van der Waals surface area contributed by atoms with Gasteiger partial charge in [0.15, 0.2) is 0 Å². The van der Waals surface area contributed by atoms with Gasteiger partial charge in [-0.1, -0.05) is 182 Å². The van der Waals surface area contributed by atoms with Gasteiger partial charge in [-0.05, 0) is 31.1 Å². The average Bonchev–Trinajstić information content (AvgIpc) is 3.07. The molecule has 4 heteroatoms. The predicted octanol–water partition coefficient (Wildman–Crippen LogP) is 6.10. The minimum Gasteiger partial charge on any atom is -0.108 e. The Morgan fingerprint density at radius 2 is 0.350 bits per heavy atom. The van der Waals surface area contributed by atoms with Crippen LogP contribution in [0.25, 0.3) is 0 Å². The molecule has 196 valence electrons. The highest BCUT2D eigenvalue weighted by atomic mass is 79.9. The summed E-state index contributed by atoms with van der Waals surface area (Å²) in [6.45, 7) is -4.13. The zero-order chi connectivity index (χ0) is 27.7. The number of halogens is 2. The number of rotatable bonds is 6. The van der Waals surface area contributed by atoms with Crippen LogP contribution in [0.2, 0.25) is 0 Å². The Labute approximate surface area is 255 Å². The Balaban J connectivity index is 0.000000161. The molecule has 0 heterocycles. The summed E-state index contributed by atoms with van der Waals surface area (Å²) in [5.74, 6) is 0. The van der Waals surface area contributed by atoms with Crippen molar-refractivity contribution in [1.82, 2.24) is 0 Å². The van der Waals surface area contributed by atoms with E-state index in [2.05, 4.69) is 213 Å². The molecule has 6 aromatic rings. The van der Waals surface area contributed by atoms with E-state index in [1.807, 2.05) is 0 Å². The average molecular weight is 679 g/mol. The van der Waals surface area contributed by atoms with Crippen molar-refractivity contribution in [2.45, 2.75) is 0 Å². The lowest BCUT2D eigenvalue weighted by Crippen LogP contribution is -2.62. The molecular weight excluding hydrogens is 648 g/mol. The summed E-state index contributed by atoms with van der Waals surface area (Å²) >= 11 is 8.30. The van der Waals surface area contributed by atoms with E-state index >= 15 is 0 Å². The molecule has 0 nitrogen and oxygen atoms in total. The largest absolute Gasteiger partial charge is 0.221 e. The van der Waals surface area contributed by atoms with Crippen molar-refractivity contribution >= 4 is 75.1 Å². The van der Waals surface area contributed by atoms with Crippen LogP contribution in [0.4, 0.5) is 0 Å². The fourth-order valence-electron chi connectivity index (χ4n) is 5.01. The maximum Gasteiger partial charge on any atom is 0.221 e. The molecule has 0 unspecified atom stereocenters. The molecule has 0 N–H and O–H groups in total. The van der Waals surface area contributed by atoms with Crippen molar-refractivity contribution in [3.05, 3.63) is 182 Å². The van der Waals surface area contributed by atoms with Gasteiger partial charge in [0.1, 0.15) is 0 Å². The Kier molecular flexibility index (Phi) is 9.45. The summed E-state index contributed by atoms with van der Waals surface area (Å²) in [7, 11) is 0. The molecule has 6 aromatic carbocycles. The minimum atomic E-state index is -2.07. The fraction of sp³-hybridized carbons (Fsp3) is 0. The lowest BCUT2D eigenvalue weighted by Gasteiger charge is -2.27. The summed E-state index contributed by atoms with van der Waals surface area (Å²) in [5.41, 5.74) is 0. The number of hydrogen-bond donors (Lipinski definition) is 0. The topological polar surface area (TPSA) is 0 Å². The third-order valence-corrected chi connectivity index (χ3v) is 22.0. The molecule has 0 spiro atoms. The molecule has 0 aromatic heterocycles. The van der Waals surface area contributed by atoms with Gasteiger partial charge in [-0.2, -0.15) is 0 Å². The van der Waals surface area contributed by atoms with E-state index < -0.39 is 13.4 Å². The maximum atomic E-state index is 4.15. The molecule has 0 bridgehead atoms. The van der Waals surface area contributed by atoms with Gasteiger partial charge in [-0.25, -0.2) is 0 Å². The van der Waals surface area contributed by atoms with Crippen LogP contribution in [0.1, 0.15) is 0 Å². The normalized spacial score (nSPS) is 11.2. The van der Waals surface area contributed by atoms with Crippen LogP contribution >= 0.6 is 30.6 Å². The van der Waals surface area contributed by atoms with Gasteiger partial charge in [-0.3, -0.25) is 0 Å². The van der Waals surface area contributed by atoms with Crippen LogP contribution in [-0.2, 0) is 0 Å². The summed E-state index contributed by atoms with van der Waals surface area (Å²) in [5, 5.41) is 8.24. The highest BCUT2D eigenvalue weighted by Gasteiger charge is 2.37. The van der Waals surface area contributed by atoms with Crippen molar-refractivity contribution in [3.63, 3.8) is 0 Å². The van der Waals surface area contributed by atoms with Gasteiger partial charge in [0, 0.05) is 0 Å². The van der Waals surface area contributed by atoms with Crippen LogP contribution < -0.4 is 31.1 Å². The summed E-state index contributed by atoms with van der Waals surface area (Å²) in [6.07, 6.45) is 0. The molecular formula is C36H30Br2Si2. The second-order valence-corrected chi connectivity index (χ2v) is 22.7. The summed E-state index contributed by atoms with van der Waals surface area (Å²) in [6, 6.07) is 64.5. The SMILES string of the molecule is Br[Si](c1ccccc1)(c1ccccc1)c1ccccc1.Br[Si](c1ccccc1)(c1ccccc1)c1ccccc1. The summed E-state index contributed by atoms with van der Waals surface area (Å²) in [4.78, 5) is 0. The first-order valence-corrected chi connectivity index (χ1v) is 21.9. The maximum absolute atomic E-state index is 4.15. The van der Waals surface area contributed by atoms with E-state index in [0.29, 0.717) is 0 Å². The first-order valence-electron chi connectivity index (χ1n) is 13.3. The third kappa shape index (κ3) is 6.06. The van der Waals surface area contributed by atoms with Crippen LogP contribution in [0.5, 0.6) is 0 Å². The molecule has 0 saturated carbocycles. The third-order valence-electron chi connectivity index (χ3n) is 7.03. The van der Waals surface area contributed by atoms with E-state index in [4.69, 9.17) is 0 Å². The molecule has 0 aliphatic carbocycles. The fourth-order valence-corrected chi connectivity index (χ4v) is 15.7. The van der Waals surface area contributed by atoms with Crippen molar-refractivity contribution in [2.75, 3.05) is 0 Å². The van der Waals surface area contributed by atoms with Gasteiger partial charge in [-0.15, -0.1) is 30.6 Å². The van der Waals surface area contributed by atoms with E-state index in [0.717, 1.165) is 0 Å². The molecule has 0 atom stereocenters. The lowest BCUT2D eigenvalue weighted by molar-refractivity contribution is 1.70. The van der Waals surface area contributed by atoms with Gasteiger partial charge in [0.05, 0.1) is 0 Å². The highest BCUT2D eigenvalue weighted by Crippen LogP contribution is 2.15. The minimum absolute atomic E-state index is 1.37. The number of benzene rings is 6. The van der Waals surface area contributed by atoms with Gasteiger partial charge in [0.2, 0.25) is 13.4 Å². The molecule has 40 heavy (non-hydrogen) atoms. The Bertz CT molecular complexity index is 1260. The zero-order valence-electron chi connectivity index (χ0n) is 22.1. The van der Waals surface area contributed by atoms with Gasteiger partial charge < -0.3 is 0 Å². The molecule has 0 aliphatic heterocycles. The van der Waals surface area contributed by atoms with E-state index in [1.165, 1.54) is 31.1 Å². The van der Waals surface area contributed by atoms with Crippen LogP contribution in [0, 0.1) is 0 Å². The summed E-state index contributed by atoms with van der Waals surface area (Å²) < 4.78 is 0. The van der Waals surface area contributed by atoms with E-state index in [9.17, 15) is 0 Å². The van der Waals surface area contributed by atoms with E-state index in [1.54, 1.807) is 0 Å². The Morgan fingerprint density at radius 3 is 0.475 bits per heavy atom. The molecule has 0 amide bonds. The van der Waals surface area contributed by atoms with Crippen LogP contribution in [0.15, 0.2) is 182 Å². The molecule has 0 saturated heterocycles. The molecule has 0 fully saturated rings. The standard InChI is InChI=1S/2C18H15BrSi/c2*19-20(16-10-4-1-5-11-16,17-12-6-2-7-13-17)18-14-8-3-9-15-18/h2*1-15H. The second kappa shape index (κ2) is 13.4. The van der Waals surface area contributed by atoms with Crippen molar-refractivity contribution < 1.29 is 0 Å². The van der Waals surface area contributed by atoms with Crippen LogP contribution in [0.3, 0.4) is 0 Å². The van der Waals surface area contributed by atoms with E-state index in [-0.39, 0.29) is 0 Å². The molecule has 6 rings (SSSR count). The monoisotopic (exact) mass is 676 g/mol. The van der Waals surface area contributed by atoms with Crippen LogP contribution in [-0.4, -0.2) is 13.4 Å². The first kappa shape index (κ1) is 28.2. The smallest absolute Gasteiger partial charge is 0.108 e. The molecule has 0 radical (unpaired) electrons. The first-order chi connectivity index (χ1) is 19.6. The van der Waals surface area contributed by atoms with Crippen molar-refractivity contribution in [1.29, 1.82) is 0 Å². The Hall–Kier alpha value is -3.29. The highest BCUT2D eigenvalue weighted by molar-refractivity contribution is 9.27. The quantitative estimate of drug-likeness (QED) is 0.114. The van der Waals surface area contributed by atoms with Crippen molar-refractivity contribution in [2.24, 2.45) is 0 Å². The van der Waals surface area contributed by atoms with Gasteiger partial charge in [0.25, 0.3) is 0 Å².